The largest absolute Gasteiger partial charge is 0.472 e. The van der Waals surface area contributed by atoms with Crippen LogP contribution >= 0.6 is 22.6 Å². The Bertz CT molecular complexity index is 233. The molecular weight excluding hydrogens is 379 g/mol. The topological polar surface area (TPSA) is 3.24 Å². The summed E-state index contributed by atoms with van der Waals surface area (Å²) in [7, 11) is 0. The van der Waals surface area contributed by atoms with Gasteiger partial charge < -0.3 is 0 Å². The fourth-order valence-corrected chi connectivity index (χ4v) is 0.830. The summed E-state index contributed by atoms with van der Waals surface area (Å²) >= 11 is -0.510. The van der Waals surface area contributed by atoms with Crippen LogP contribution in [0.5, 0.6) is 0 Å². The predicted octanol–water partition coefficient (Wildman–Crippen LogP) is 3.95. The number of hydrogen-bond donors (Lipinski definition) is 0. The molecule has 0 aromatic rings. The van der Waals surface area contributed by atoms with Crippen LogP contribution in [0.3, 0.4) is 0 Å². The maximum Gasteiger partial charge on any atom is 0.472 e. The molecule has 12 heteroatoms. The lowest BCUT2D eigenvalue weighted by atomic mass is 10.5. The zero-order chi connectivity index (χ0) is 13.6. The van der Waals surface area contributed by atoms with Crippen LogP contribution in [0.15, 0.2) is 0 Å². The van der Waals surface area contributed by atoms with Crippen LogP contribution in [0.2, 0.25) is 0 Å². The minimum Gasteiger partial charge on any atom is -0.186 e. The van der Waals surface area contributed by atoms with Gasteiger partial charge in [0.15, 0.2) is 0 Å². The van der Waals surface area contributed by atoms with Gasteiger partial charge in [-0.15, -0.1) is 0 Å². The monoisotopic (exact) mass is 379 g/mol. The van der Waals surface area contributed by atoms with Gasteiger partial charge in [0.2, 0.25) is 0 Å². The Labute approximate surface area is 94.5 Å². The molecule has 0 rings (SSSR count). The van der Waals surface area contributed by atoms with Crippen molar-refractivity contribution < 1.29 is 43.9 Å². The lowest BCUT2D eigenvalue weighted by molar-refractivity contribution is -0.456. The maximum atomic E-state index is 12.3. The highest BCUT2D eigenvalue weighted by Gasteiger charge is 2.74. The van der Waals surface area contributed by atoms with Crippen LogP contribution in [0.1, 0.15) is 0 Å². The molecule has 0 saturated carbocycles. The molecule has 1 nitrogen and oxygen atoms in total. The van der Waals surface area contributed by atoms with Crippen molar-refractivity contribution in [1.29, 1.82) is 0 Å². The number of nitrogens with zero attached hydrogens (tertiary/aromatic N) is 1. The highest BCUT2D eigenvalue weighted by atomic mass is 127. The molecule has 0 aliphatic heterocycles. The van der Waals surface area contributed by atoms with Gasteiger partial charge in [0, 0.05) is 22.6 Å². The quantitative estimate of drug-likeness (QED) is 0.304. The zero-order valence-electron chi connectivity index (χ0n) is 6.60. The van der Waals surface area contributed by atoms with E-state index in [1.54, 1.807) is 0 Å². The van der Waals surface area contributed by atoms with E-state index in [0.29, 0.717) is 0 Å². The van der Waals surface area contributed by atoms with Gasteiger partial charge in [-0.05, 0) is 0 Å². The highest BCUT2D eigenvalue weighted by Crippen LogP contribution is 2.50. The Morgan fingerprint density at radius 1 is 0.625 bits per heavy atom. The lowest BCUT2D eigenvalue weighted by Crippen LogP contribution is -2.63. The van der Waals surface area contributed by atoms with E-state index in [4.69, 9.17) is 0 Å². The number of alkyl halides is 11. The molecule has 98 valence electrons. The number of rotatable bonds is 2. The van der Waals surface area contributed by atoms with Crippen molar-refractivity contribution in [1.82, 2.24) is 4.90 Å². The van der Waals surface area contributed by atoms with Crippen molar-refractivity contribution in [3.63, 3.8) is 0 Å². The van der Waals surface area contributed by atoms with Gasteiger partial charge in [0.05, 0.1) is 0 Å². The van der Waals surface area contributed by atoms with Crippen molar-refractivity contribution in [2.24, 2.45) is 0 Å². The van der Waals surface area contributed by atoms with E-state index in [1.165, 1.54) is 0 Å². The normalized spacial score (nSPS) is 15.8. The molecule has 0 atom stereocenters. The molecule has 0 bridgehead atoms. The third-order valence-corrected chi connectivity index (χ3v) is 1.78. The van der Waals surface area contributed by atoms with E-state index in [0.717, 1.165) is 0 Å². The SMILES string of the molecule is FC(F)(F)N(C(F)(F)F)C(F)(F)C(F)(F)I. The van der Waals surface area contributed by atoms with Crippen molar-refractivity contribution in [2.75, 3.05) is 0 Å². The summed E-state index contributed by atoms with van der Waals surface area (Å²) in [5.41, 5.74) is 0. The molecule has 0 aliphatic carbocycles. The number of hydrogen-bond acceptors (Lipinski definition) is 1. The third-order valence-electron chi connectivity index (χ3n) is 1.13. The van der Waals surface area contributed by atoms with Crippen molar-refractivity contribution in [2.45, 2.75) is 22.6 Å². The molecule has 0 N–H and O–H groups in total. The molecule has 0 aromatic heterocycles. The summed E-state index contributed by atoms with van der Waals surface area (Å²) < 4.78 is 113. The smallest absolute Gasteiger partial charge is 0.186 e. The molecule has 0 spiro atoms. The molecule has 0 radical (unpaired) electrons. The minimum absolute atomic E-state index is 0.510. The molecule has 0 saturated heterocycles. The van der Waals surface area contributed by atoms with Crippen LogP contribution in [0.4, 0.5) is 43.9 Å². The molecule has 0 fully saturated rings. The first-order valence-corrected chi connectivity index (χ1v) is 4.08. The molecule has 16 heavy (non-hydrogen) atoms. The molecule has 0 unspecified atom stereocenters. The Morgan fingerprint density at radius 3 is 0.938 bits per heavy atom. The summed E-state index contributed by atoms with van der Waals surface area (Å²) in [4.78, 5) is -3.44. The zero-order valence-corrected chi connectivity index (χ0v) is 8.76. The van der Waals surface area contributed by atoms with Gasteiger partial charge in [0.25, 0.3) is 0 Å². The molecule has 0 heterocycles. The molecule has 0 aliphatic rings. The van der Waals surface area contributed by atoms with E-state index in [-0.39, 0.29) is 0 Å². The second kappa shape index (κ2) is 4.03. The van der Waals surface area contributed by atoms with Gasteiger partial charge in [-0.2, -0.15) is 43.9 Å². The second-order valence-corrected chi connectivity index (χ2v) is 3.66. The molecular formula is C4F10IN. The Kier molecular flexibility index (Phi) is 4.02. The summed E-state index contributed by atoms with van der Waals surface area (Å²) in [6.07, 6.45) is -13.4. The predicted molar refractivity (Wildman–Crippen MR) is 37.9 cm³/mol. The van der Waals surface area contributed by atoms with E-state index in [9.17, 15) is 43.9 Å². The van der Waals surface area contributed by atoms with Gasteiger partial charge in [-0.3, -0.25) is 0 Å². The van der Waals surface area contributed by atoms with Crippen LogP contribution in [0.25, 0.3) is 0 Å². The second-order valence-electron chi connectivity index (χ2n) is 2.31. The van der Waals surface area contributed by atoms with E-state index >= 15 is 0 Å². The Morgan fingerprint density at radius 2 is 0.875 bits per heavy atom. The Balaban J connectivity index is 5.57. The van der Waals surface area contributed by atoms with Crippen LogP contribution in [0, 0.1) is 0 Å². The number of halogens is 11. The highest BCUT2D eigenvalue weighted by molar-refractivity contribution is 14.1. The fourth-order valence-electron chi connectivity index (χ4n) is 0.589. The van der Waals surface area contributed by atoms with E-state index in [1.807, 2.05) is 0 Å². The van der Waals surface area contributed by atoms with Crippen molar-refractivity contribution >= 4 is 22.6 Å². The van der Waals surface area contributed by atoms with Crippen molar-refractivity contribution in [3.8, 4) is 0 Å². The Hall–Kier alpha value is -0.0100. The third kappa shape index (κ3) is 3.24. The average Bonchev–Trinajstić information content (AvgIpc) is 1.72. The maximum absolute atomic E-state index is 12.3. The van der Waals surface area contributed by atoms with Gasteiger partial charge in [-0.25, -0.2) is 0 Å². The average molecular weight is 379 g/mol. The summed E-state index contributed by atoms with van der Waals surface area (Å²) in [5.74, 6) is 0. The van der Waals surface area contributed by atoms with Gasteiger partial charge in [0.1, 0.15) is 0 Å². The summed E-state index contributed by atoms with van der Waals surface area (Å²) in [5, 5.41) is 0. The van der Waals surface area contributed by atoms with E-state index in [2.05, 4.69) is 0 Å². The van der Waals surface area contributed by atoms with Gasteiger partial charge >= 0.3 is 22.6 Å². The summed E-state index contributed by atoms with van der Waals surface area (Å²) in [6.45, 7) is 0. The molecule has 0 aromatic carbocycles. The van der Waals surface area contributed by atoms with Crippen LogP contribution in [-0.4, -0.2) is 27.5 Å². The first-order chi connectivity index (χ1) is 6.62. The van der Waals surface area contributed by atoms with Crippen LogP contribution in [-0.2, 0) is 0 Å². The van der Waals surface area contributed by atoms with Gasteiger partial charge in [-0.1, -0.05) is 4.90 Å². The summed E-state index contributed by atoms with van der Waals surface area (Å²) in [6, 6.07) is -6.44. The van der Waals surface area contributed by atoms with Crippen molar-refractivity contribution in [3.05, 3.63) is 0 Å². The minimum atomic E-state index is -6.68. The van der Waals surface area contributed by atoms with Crippen LogP contribution < -0.4 is 0 Å². The van der Waals surface area contributed by atoms with E-state index < -0.39 is 50.1 Å². The molecule has 0 amide bonds. The first-order valence-electron chi connectivity index (χ1n) is 3.00. The standard InChI is InChI=1S/C4F10IN/c5-1(6,15)2(7,8)16(3(9,10)11)4(12,13)14. The fraction of sp³-hybridized carbons (Fsp3) is 1.00. The lowest BCUT2D eigenvalue weighted by Gasteiger charge is -2.35. The first kappa shape index (κ1) is 16.0.